The molecule has 0 spiro atoms. The molecule has 3 rings (SSSR count). The summed E-state index contributed by atoms with van der Waals surface area (Å²) in [6.07, 6.45) is -1.17. The third kappa shape index (κ3) is 6.43. The number of aryl methyl sites for hydroxylation is 2. The van der Waals surface area contributed by atoms with E-state index in [-0.39, 0.29) is 6.54 Å². The van der Waals surface area contributed by atoms with E-state index in [4.69, 9.17) is 9.47 Å². The van der Waals surface area contributed by atoms with Gasteiger partial charge in [0.25, 0.3) is 11.8 Å². The maximum absolute atomic E-state index is 13.0. The lowest BCUT2D eigenvalue weighted by Crippen LogP contribution is -2.33. The molecular formula is C26H26N2O5. The van der Waals surface area contributed by atoms with E-state index in [1.165, 1.54) is 7.11 Å². The van der Waals surface area contributed by atoms with E-state index < -0.39 is 23.9 Å². The van der Waals surface area contributed by atoms with Crippen LogP contribution in [-0.4, -0.2) is 31.4 Å². The van der Waals surface area contributed by atoms with Crippen molar-refractivity contribution >= 4 is 23.5 Å². The van der Waals surface area contributed by atoms with Crippen LogP contribution in [0.5, 0.6) is 5.75 Å². The molecule has 0 aliphatic rings. The van der Waals surface area contributed by atoms with Gasteiger partial charge in [-0.25, -0.2) is 0 Å². The van der Waals surface area contributed by atoms with Crippen molar-refractivity contribution in [2.75, 3.05) is 19.0 Å². The number of benzene rings is 3. The highest BCUT2D eigenvalue weighted by Gasteiger charge is 2.25. The van der Waals surface area contributed by atoms with Gasteiger partial charge in [-0.2, -0.15) is 0 Å². The summed E-state index contributed by atoms with van der Waals surface area (Å²) in [7, 11) is 1.53. The third-order valence-electron chi connectivity index (χ3n) is 4.99. The molecule has 7 nitrogen and oxygen atoms in total. The zero-order valence-electron chi connectivity index (χ0n) is 18.8. The molecule has 0 heterocycles. The standard InChI is InChI=1S/C26H26N2O5/c1-17-9-10-18(2)22(15-17)28-26(31)24(19-7-5-4-6-8-19)33-23(29)16-27-25(30)20-11-13-21(32-3)14-12-20/h4-15,24H,16H2,1-3H3,(H,27,30)(H,28,31)/t24-/m1/s1. The van der Waals surface area contributed by atoms with Gasteiger partial charge in [0.15, 0.2) is 0 Å². The molecule has 3 aromatic carbocycles. The first-order chi connectivity index (χ1) is 15.9. The highest BCUT2D eigenvalue weighted by atomic mass is 16.5. The molecule has 2 amide bonds. The molecular weight excluding hydrogens is 420 g/mol. The Kier molecular flexibility index (Phi) is 7.81. The molecule has 7 heteroatoms. The second-order valence-electron chi connectivity index (χ2n) is 7.50. The van der Waals surface area contributed by atoms with Crippen molar-refractivity contribution in [3.63, 3.8) is 0 Å². The van der Waals surface area contributed by atoms with Gasteiger partial charge in [0.2, 0.25) is 6.10 Å². The van der Waals surface area contributed by atoms with Gasteiger partial charge in [0.1, 0.15) is 12.3 Å². The van der Waals surface area contributed by atoms with Crippen LogP contribution in [0.4, 0.5) is 5.69 Å². The van der Waals surface area contributed by atoms with Gasteiger partial charge in [-0.05, 0) is 55.3 Å². The summed E-state index contributed by atoms with van der Waals surface area (Å²) >= 11 is 0. The largest absolute Gasteiger partial charge is 0.497 e. The van der Waals surface area contributed by atoms with Crippen molar-refractivity contribution in [1.29, 1.82) is 0 Å². The predicted octanol–water partition coefficient (Wildman–Crippen LogP) is 3.97. The fourth-order valence-corrected chi connectivity index (χ4v) is 3.14. The minimum Gasteiger partial charge on any atom is -0.497 e. The predicted molar refractivity (Wildman–Crippen MR) is 125 cm³/mol. The Labute approximate surface area is 192 Å². The Morgan fingerprint density at radius 2 is 1.61 bits per heavy atom. The highest BCUT2D eigenvalue weighted by Crippen LogP contribution is 2.22. The molecule has 0 aliphatic heterocycles. The monoisotopic (exact) mass is 446 g/mol. The molecule has 170 valence electrons. The van der Waals surface area contributed by atoms with E-state index in [2.05, 4.69) is 10.6 Å². The number of rotatable bonds is 8. The molecule has 0 saturated carbocycles. The van der Waals surface area contributed by atoms with Crippen LogP contribution in [-0.2, 0) is 14.3 Å². The molecule has 0 bridgehead atoms. The third-order valence-corrected chi connectivity index (χ3v) is 4.99. The van der Waals surface area contributed by atoms with Gasteiger partial charge in [0, 0.05) is 16.8 Å². The van der Waals surface area contributed by atoms with Crippen molar-refractivity contribution in [3.8, 4) is 5.75 Å². The number of anilines is 1. The Morgan fingerprint density at radius 1 is 0.909 bits per heavy atom. The molecule has 1 atom stereocenters. The fourth-order valence-electron chi connectivity index (χ4n) is 3.14. The Bertz CT molecular complexity index is 1130. The zero-order valence-corrected chi connectivity index (χ0v) is 18.8. The van der Waals surface area contributed by atoms with Crippen LogP contribution in [0.3, 0.4) is 0 Å². The summed E-state index contributed by atoms with van der Waals surface area (Å²) < 4.78 is 10.5. The second kappa shape index (κ2) is 10.9. The van der Waals surface area contributed by atoms with Gasteiger partial charge < -0.3 is 20.1 Å². The number of hydrogen-bond acceptors (Lipinski definition) is 5. The lowest BCUT2D eigenvalue weighted by molar-refractivity contribution is -0.153. The van der Waals surface area contributed by atoms with E-state index in [1.54, 1.807) is 54.6 Å². The van der Waals surface area contributed by atoms with Crippen LogP contribution < -0.4 is 15.4 Å². The number of carbonyl (C=O) groups excluding carboxylic acids is 3. The average molecular weight is 447 g/mol. The van der Waals surface area contributed by atoms with Gasteiger partial charge in [-0.3, -0.25) is 14.4 Å². The fraction of sp³-hybridized carbons (Fsp3) is 0.192. The van der Waals surface area contributed by atoms with Crippen LogP contribution in [0, 0.1) is 13.8 Å². The van der Waals surface area contributed by atoms with Crippen molar-refractivity contribution in [3.05, 3.63) is 95.1 Å². The quantitative estimate of drug-likeness (QED) is 0.511. The maximum Gasteiger partial charge on any atom is 0.326 e. The molecule has 2 N–H and O–H groups in total. The van der Waals surface area contributed by atoms with Gasteiger partial charge in [-0.15, -0.1) is 0 Å². The second-order valence-corrected chi connectivity index (χ2v) is 7.50. The first-order valence-corrected chi connectivity index (χ1v) is 10.4. The van der Waals surface area contributed by atoms with Crippen LogP contribution in [0.1, 0.15) is 33.2 Å². The molecule has 0 fully saturated rings. The highest BCUT2D eigenvalue weighted by molar-refractivity contribution is 5.98. The van der Waals surface area contributed by atoms with E-state index in [1.807, 2.05) is 32.0 Å². The molecule has 3 aromatic rings. The zero-order chi connectivity index (χ0) is 23.8. The van der Waals surface area contributed by atoms with Crippen molar-refractivity contribution < 1.29 is 23.9 Å². The molecule has 0 aliphatic carbocycles. The lowest BCUT2D eigenvalue weighted by Gasteiger charge is -2.19. The molecule has 0 saturated heterocycles. The summed E-state index contributed by atoms with van der Waals surface area (Å²) in [5.74, 6) is -1.04. The summed E-state index contributed by atoms with van der Waals surface area (Å²) in [5, 5.41) is 5.35. The van der Waals surface area contributed by atoms with E-state index >= 15 is 0 Å². The van der Waals surface area contributed by atoms with Crippen molar-refractivity contribution in [2.24, 2.45) is 0 Å². The Hall–Kier alpha value is -4.13. The number of esters is 1. The number of carbonyl (C=O) groups is 3. The smallest absolute Gasteiger partial charge is 0.326 e. The van der Waals surface area contributed by atoms with Crippen molar-refractivity contribution in [1.82, 2.24) is 5.32 Å². The van der Waals surface area contributed by atoms with Crippen LogP contribution in [0.15, 0.2) is 72.8 Å². The Balaban J connectivity index is 1.68. The van der Waals surface area contributed by atoms with E-state index in [0.717, 1.165) is 11.1 Å². The topological polar surface area (TPSA) is 93.7 Å². The number of nitrogens with one attached hydrogen (secondary N) is 2. The first-order valence-electron chi connectivity index (χ1n) is 10.4. The number of ether oxygens (including phenoxy) is 2. The van der Waals surface area contributed by atoms with Crippen LogP contribution >= 0.6 is 0 Å². The summed E-state index contributed by atoms with van der Waals surface area (Å²) in [5.41, 5.74) is 3.42. The average Bonchev–Trinajstić information content (AvgIpc) is 2.83. The molecule has 0 unspecified atom stereocenters. The SMILES string of the molecule is COc1ccc(C(=O)NCC(=O)O[C@@H](C(=O)Nc2cc(C)ccc2C)c2ccccc2)cc1. The number of amides is 2. The van der Waals surface area contributed by atoms with Crippen LogP contribution in [0.25, 0.3) is 0 Å². The number of methoxy groups -OCH3 is 1. The van der Waals surface area contributed by atoms with Gasteiger partial charge in [-0.1, -0.05) is 42.5 Å². The minimum atomic E-state index is -1.17. The molecule has 0 radical (unpaired) electrons. The first kappa shape index (κ1) is 23.5. The van der Waals surface area contributed by atoms with E-state index in [0.29, 0.717) is 22.6 Å². The molecule has 0 aromatic heterocycles. The summed E-state index contributed by atoms with van der Waals surface area (Å²) in [4.78, 5) is 37.9. The van der Waals surface area contributed by atoms with E-state index in [9.17, 15) is 14.4 Å². The van der Waals surface area contributed by atoms with Crippen molar-refractivity contribution in [2.45, 2.75) is 20.0 Å². The summed E-state index contributed by atoms with van der Waals surface area (Å²) in [6.45, 7) is 3.42. The Morgan fingerprint density at radius 3 is 2.27 bits per heavy atom. The van der Waals surface area contributed by atoms with Crippen LogP contribution in [0.2, 0.25) is 0 Å². The maximum atomic E-state index is 13.0. The number of hydrogen-bond donors (Lipinski definition) is 2. The normalized spacial score (nSPS) is 11.2. The van der Waals surface area contributed by atoms with Gasteiger partial charge >= 0.3 is 5.97 Å². The van der Waals surface area contributed by atoms with Gasteiger partial charge in [0.05, 0.1) is 7.11 Å². The minimum absolute atomic E-state index is 0.371. The molecule has 33 heavy (non-hydrogen) atoms. The summed E-state index contributed by atoms with van der Waals surface area (Å²) in [6, 6.07) is 20.9. The lowest BCUT2D eigenvalue weighted by atomic mass is 10.1.